The van der Waals surface area contributed by atoms with E-state index in [0.717, 1.165) is 6.07 Å². The van der Waals surface area contributed by atoms with E-state index in [0.29, 0.717) is 5.56 Å². The van der Waals surface area contributed by atoms with Crippen molar-refractivity contribution in [3.8, 4) is 5.75 Å². The van der Waals surface area contributed by atoms with Crippen LogP contribution < -0.4 is 0 Å². The first-order valence-corrected chi connectivity index (χ1v) is 6.21. The Bertz CT molecular complexity index is 791. The molecule has 112 valence electrons. The molecule has 0 heterocycles. The molecule has 0 radical (unpaired) electrons. The Hall–Kier alpha value is -3.00. The molecule has 0 saturated carbocycles. The predicted octanol–water partition coefficient (Wildman–Crippen LogP) is 3.61. The zero-order valence-electron chi connectivity index (χ0n) is 10.8. The van der Waals surface area contributed by atoms with Gasteiger partial charge in [0.1, 0.15) is 16.5 Å². The molecule has 8 nitrogen and oxygen atoms in total. The van der Waals surface area contributed by atoms with Gasteiger partial charge in [-0.25, -0.2) is 0 Å². The molecule has 0 aliphatic heterocycles. The minimum atomic E-state index is -0.643. The number of hydrogen-bond acceptors (Lipinski definition) is 6. The quantitative estimate of drug-likeness (QED) is 0.524. The van der Waals surface area contributed by atoms with Gasteiger partial charge in [0, 0.05) is 18.3 Å². The van der Waals surface area contributed by atoms with Crippen molar-refractivity contribution >= 4 is 34.9 Å². The average Bonchev–Trinajstić information content (AvgIpc) is 2.46. The van der Waals surface area contributed by atoms with Gasteiger partial charge in [-0.2, -0.15) is 0 Å². The number of benzene rings is 2. The van der Waals surface area contributed by atoms with Crippen LogP contribution in [0, 0.1) is 20.2 Å². The molecule has 9 heteroatoms. The van der Waals surface area contributed by atoms with Crippen LogP contribution in [-0.2, 0) is 0 Å². The fourth-order valence-electron chi connectivity index (χ4n) is 1.63. The van der Waals surface area contributed by atoms with E-state index in [9.17, 15) is 25.3 Å². The van der Waals surface area contributed by atoms with Crippen LogP contribution in [-0.4, -0.2) is 21.2 Å². The summed E-state index contributed by atoms with van der Waals surface area (Å²) < 4.78 is 0. The largest absolute Gasteiger partial charge is 0.505 e. The third-order valence-electron chi connectivity index (χ3n) is 2.69. The highest BCUT2D eigenvalue weighted by molar-refractivity contribution is 6.32. The summed E-state index contributed by atoms with van der Waals surface area (Å²) in [6.45, 7) is 0. The zero-order chi connectivity index (χ0) is 16.3. The summed E-state index contributed by atoms with van der Waals surface area (Å²) in [5.74, 6) is -0.367. The highest BCUT2D eigenvalue weighted by atomic mass is 35.5. The number of phenolic OH excluding ortho intramolecular Hbond substituents is 1. The Morgan fingerprint density at radius 2 is 1.82 bits per heavy atom. The molecule has 1 N–H and O–H groups in total. The van der Waals surface area contributed by atoms with Crippen LogP contribution in [0.1, 0.15) is 5.56 Å². The van der Waals surface area contributed by atoms with Crippen molar-refractivity contribution < 1.29 is 15.0 Å². The maximum Gasteiger partial charge on any atom is 0.288 e. The third-order valence-corrected chi connectivity index (χ3v) is 3.01. The number of nitrogens with zero attached hydrogens (tertiary/aromatic N) is 3. The third kappa shape index (κ3) is 3.36. The number of nitro benzene ring substituents is 2. The Balaban J connectivity index is 2.31. The van der Waals surface area contributed by atoms with Crippen molar-refractivity contribution in [2.45, 2.75) is 0 Å². The van der Waals surface area contributed by atoms with E-state index in [2.05, 4.69) is 4.99 Å². The van der Waals surface area contributed by atoms with Gasteiger partial charge in [-0.05, 0) is 17.7 Å². The predicted molar refractivity (Wildman–Crippen MR) is 80.1 cm³/mol. The first kappa shape index (κ1) is 15.4. The molecule has 0 amide bonds. The minimum absolute atomic E-state index is 0.000308. The van der Waals surface area contributed by atoms with Gasteiger partial charge in [0.05, 0.1) is 15.9 Å². The number of aliphatic imine (C=N–C) groups is 1. The molecule has 0 aliphatic carbocycles. The van der Waals surface area contributed by atoms with Gasteiger partial charge in [-0.1, -0.05) is 17.7 Å². The van der Waals surface area contributed by atoms with Crippen molar-refractivity contribution in [2.75, 3.05) is 0 Å². The Kier molecular flexibility index (Phi) is 4.33. The van der Waals surface area contributed by atoms with Crippen LogP contribution in [0.2, 0.25) is 5.02 Å². The van der Waals surface area contributed by atoms with Crippen LogP contribution in [0.5, 0.6) is 5.75 Å². The molecule has 0 spiro atoms. The molecule has 22 heavy (non-hydrogen) atoms. The van der Waals surface area contributed by atoms with Gasteiger partial charge in [0.15, 0.2) is 0 Å². The van der Waals surface area contributed by atoms with Gasteiger partial charge in [-0.3, -0.25) is 25.2 Å². The summed E-state index contributed by atoms with van der Waals surface area (Å²) in [6.07, 6.45) is 1.28. The van der Waals surface area contributed by atoms with Crippen molar-refractivity contribution in [3.63, 3.8) is 0 Å². The van der Waals surface area contributed by atoms with E-state index in [4.69, 9.17) is 11.6 Å². The maximum absolute atomic E-state index is 10.8. The Labute approximate surface area is 128 Å². The molecule has 2 aromatic rings. The Morgan fingerprint density at radius 1 is 1.09 bits per heavy atom. The lowest BCUT2D eigenvalue weighted by Crippen LogP contribution is -1.91. The number of non-ortho nitro benzene ring substituents is 1. The second kappa shape index (κ2) is 6.19. The van der Waals surface area contributed by atoms with Crippen LogP contribution in [0.15, 0.2) is 41.4 Å². The molecule has 0 unspecified atom stereocenters. The average molecular weight is 322 g/mol. The van der Waals surface area contributed by atoms with Crippen molar-refractivity contribution in [1.29, 1.82) is 0 Å². The van der Waals surface area contributed by atoms with Gasteiger partial charge < -0.3 is 5.11 Å². The van der Waals surface area contributed by atoms with Gasteiger partial charge in [-0.15, -0.1) is 0 Å². The van der Waals surface area contributed by atoms with Crippen molar-refractivity contribution in [1.82, 2.24) is 0 Å². The molecule has 0 atom stereocenters. The van der Waals surface area contributed by atoms with Gasteiger partial charge >= 0.3 is 0 Å². The maximum atomic E-state index is 10.8. The summed E-state index contributed by atoms with van der Waals surface area (Å²) in [4.78, 5) is 24.0. The van der Waals surface area contributed by atoms with Crippen molar-refractivity contribution in [3.05, 3.63) is 67.2 Å². The summed E-state index contributed by atoms with van der Waals surface area (Å²) in [5.41, 5.74) is -0.0332. The van der Waals surface area contributed by atoms with Crippen LogP contribution in [0.25, 0.3) is 0 Å². The summed E-state index contributed by atoms with van der Waals surface area (Å²) in [5, 5.41) is 31.0. The number of nitro groups is 2. The van der Waals surface area contributed by atoms with E-state index in [1.54, 1.807) is 0 Å². The molecule has 0 fully saturated rings. The number of halogens is 1. The lowest BCUT2D eigenvalue weighted by molar-refractivity contribution is -0.385. The molecular formula is C13H8ClN3O5. The lowest BCUT2D eigenvalue weighted by atomic mass is 10.2. The van der Waals surface area contributed by atoms with Gasteiger partial charge in [0.2, 0.25) is 0 Å². The van der Waals surface area contributed by atoms with E-state index in [-0.39, 0.29) is 27.8 Å². The SMILES string of the molecule is O=[N+]([O-])c1ccc(N=Cc2ccc(Cl)c([N+](=O)[O-])c2)c(O)c1. The minimum Gasteiger partial charge on any atom is -0.505 e. The molecule has 0 saturated heterocycles. The first-order chi connectivity index (χ1) is 10.4. The normalized spacial score (nSPS) is 10.8. The molecule has 2 rings (SSSR count). The van der Waals surface area contributed by atoms with Crippen LogP contribution >= 0.6 is 11.6 Å². The molecule has 0 aromatic heterocycles. The molecule has 0 aliphatic rings. The van der Waals surface area contributed by atoms with Crippen LogP contribution in [0.4, 0.5) is 17.1 Å². The summed E-state index contributed by atoms with van der Waals surface area (Å²) in [6, 6.07) is 7.54. The van der Waals surface area contributed by atoms with E-state index in [1.165, 1.54) is 36.5 Å². The number of hydrogen-bond donors (Lipinski definition) is 1. The highest BCUT2D eigenvalue weighted by Crippen LogP contribution is 2.30. The molecular weight excluding hydrogens is 314 g/mol. The second-order valence-corrected chi connectivity index (χ2v) is 4.56. The Morgan fingerprint density at radius 3 is 2.41 bits per heavy atom. The second-order valence-electron chi connectivity index (χ2n) is 4.16. The topological polar surface area (TPSA) is 119 Å². The molecule has 2 aromatic carbocycles. The van der Waals surface area contributed by atoms with Gasteiger partial charge in [0.25, 0.3) is 11.4 Å². The van der Waals surface area contributed by atoms with E-state index >= 15 is 0 Å². The summed E-state index contributed by atoms with van der Waals surface area (Å²) >= 11 is 5.69. The van der Waals surface area contributed by atoms with Crippen molar-refractivity contribution in [2.24, 2.45) is 4.99 Å². The zero-order valence-corrected chi connectivity index (χ0v) is 11.6. The van der Waals surface area contributed by atoms with E-state index < -0.39 is 9.85 Å². The number of aromatic hydroxyl groups is 1. The van der Waals surface area contributed by atoms with Crippen LogP contribution in [0.3, 0.4) is 0 Å². The monoisotopic (exact) mass is 321 g/mol. The fourth-order valence-corrected chi connectivity index (χ4v) is 1.82. The highest BCUT2D eigenvalue weighted by Gasteiger charge is 2.12. The molecule has 0 bridgehead atoms. The van der Waals surface area contributed by atoms with E-state index in [1.807, 2.05) is 0 Å². The number of rotatable bonds is 4. The number of phenols is 1. The summed E-state index contributed by atoms with van der Waals surface area (Å²) in [7, 11) is 0. The lowest BCUT2D eigenvalue weighted by Gasteiger charge is -1.99. The standard InChI is InChI=1S/C13H8ClN3O5/c14-10-3-1-8(5-12(10)17(21)22)7-15-11-4-2-9(16(19)20)6-13(11)18/h1-7,18H. The smallest absolute Gasteiger partial charge is 0.288 e. The fraction of sp³-hybridized carbons (Fsp3) is 0. The first-order valence-electron chi connectivity index (χ1n) is 5.84.